The molecule has 0 aliphatic heterocycles. The van der Waals surface area contributed by atoms with Crippen LogP contribution in [-0.4, -0.2) is 35.2 Å². The lowest BCUT2D eigenvalue weighted by molar-refractivity contribution is -0.124. The summed E-state index contributed by atoms with van der Waals surface area (Å²) in [5.41, 5.74) is 2.86. The predicted octanol–water partition coefficient (Wildman–Crippen LogP) is 3.34. The van der Waals surface area contributed by atoms with Gasteiger partial charge in [-0.1, -0.05) is 12.1 Å². The van der Waals surface area contributed by atoms with Crippen molar-refractivity contribution in [3.05, 3.63) is 65.7 Å². The third-order valence-electron chi connectivity index (χ3n) is 4.09. The number of phenols is 1. The first-order valence-corrected chi connectivity index (χ1v) is 8.90. The number of hydroxylamine groups is 1. The molecule has 158 valence electrons. The summed E-state index contributed by atoms with van der Waals surface area (Å²) in [4.78, 5) is 34.8. The van der Waals surface area contributed by atoms with Crippen molar-refractivity contribution < 1.29 is 34.2 Å². The molecule has 0 radical (unpaired) electrons. The van der Waals surface area contributed by atoms with Crippen molar-refractivity contribution in [3.63, 3.8) is 0 Å². The Morgan fingerprint density at radius 1 is 1.13 bits per heavy atom. The topological polar surface area (TPSA) is 134 Å². The zero-order valence-corrected chi connectivity index (χ0v) is 16.4. The van der Waals surface area contributed by atoms with Crippen LogP contribution in [0.3, 0.4) is 0 Å². The second-order valence-electron chi connectivity index (χ2n) is 6.20. The molecule has 0 spiro atoms. The van der Waals surface area contributed by atoms with Crippen LogP contribution in [0.25, 0.3) is 0 Å². The molecule has 0 saturated heterocycles. The fourth-order valence-corrected chi connectivity index (χ4v) is 2.56. The number of hydrogen-bond donors (Lipinski definition) is 4. The summed E-state index contributed by atoms with van der Waals surface area (Å²) in [6.07, 6.45) is 0.965. The van der Waals surface area contributed by atoms with Gasteiger partial charge < -0.3 is 14.6 Å². The highest BCUT2D eigenvalue weighted by Gasteiger charge is 2.18. The Hall–Kier alpha value is -3.85. The number of nitrogens with one attached hydrogen (secondary N) is 2. The maximum absolute atomic E-state index is 12.3. The Bertz CT molecular complexity index is 939. The third kappa shape index (κ3) is 6.35. The largest absolute Gasteiger partial charge is 0.504 e. The summed E-state index contributed by atoms with van der Waals surface area (Å²) in [5, 5.41) is 21.1. The Morgan fingerprint density at radius 3 is 2.40 bits per heavy atom. The number of Topliss-reactive ketones (excluding diaryl/α,β-unsaturated/α-hetero) is 1. The molecule has 0 aliphatic carbocycles. The minimum Gasteiger partial charge on any atom is -0.504 e. The molecular weight excluding hydrogens is 392 g/mol. The van der Waals surface area contributed by atoms with E-state index in [9.17, 15) is 19.5 Å². The lowest BCUT2D eigenvalue weighted by Gasteiger charge is -2.18. The van der Waals surface area contributed by atoms with Crippen molar-refractivity contribution in [2.24, 2.45) is 0 Å². The zero-order valence-electron chi connectivity index (χ0n) is 16.4. The van der Waals surface area contributed by atoms with Gasteiger partial charge in [0.15, 0.2) is 17.3 Å². The second-order valence-corrected chi connectivity index (χ2v) is 6.20. The summed E-state index contributed by atoms with van der Waals surface area (Å²) in [6.45, 7) is 1.44. The molecule has 9 nitrogen and oxygen atoms in total. The minimum absolute atomic E-state index is 0.0931. The lowest BCUT2D eigenvalue weighted by atomic mass is 10.1. The Kier molecular flexibility index (Phi) is 7.95. The second kappa shape index (κ2) is 10.6. The smallest absolute Gasteiger partial charge is 0.412 e. The molecule has 2 aromatic carbocycles. The molecule has 0 fully saturated rings. The number of carbonyl (C=O) groups is 3. The number of benzene rings is 2. The van der Waals surface area contributed by atoms with Gasteiger partial charge in [0.25, 0.3) is 5.91 Å². The summed E-state index contributed by atoms with van der Waals surface area (Å²) in [6, 6.07) is 10.8. The van der Waals surface area contributed by atoms with Crippen molar-refractivity contribution in [3.8, 4) is 11.5 Å². The Balaban J connectivity index is 2.15. The SMILES string of the molecule is COc1ccc([C@H](C/C=C/C(=O)NO)OC(=O)Nc2ccc(C(C)=O)cc2)cc1O. The Morgan fingerprint density at radius 2 is 1.83 bits per heavy atom. The van der Waals surface area contributed by atoms with Gasteiger partial charge in [-0.3, -0.25) is 20.1 Å². The lowest BCUT2D eigenvalue weighted by Crippen LogP contribution is -2.18. The van der Waals surface area contributed by atoms with Gasteiger partial charge in [-0.25, -0.2) is 10.3 Å². The number of hydrogen-bond acceptors (Lipinski definition) is 7. The summed E-state index contributed by atoms with van der Waals surface area (Å²) in [7, 11) is 1.41. The molecule has 0 aromatic heterocycles. The fourth-order valence-electron chi connectivity index (χ4n) is 2.56. The molecule has 2 aromatic rings. The van der Waals surface area contributed by atoms with Crippen LogP contribution >= 0.6 is 0 Å². The summed E-state index contributed by atoms with van der Waals surface area (Å²) < 4.78 is 10.5. The molecule has 0 bridgehead atoms. The third-order valence-corrected chi connectivity index (χ3v) is 4.09. The molecule has 4 N–H and O–H groups in total. The number of carbonyl (C=O) groups excluding carboxylic acids is 3. The van der Waals surface area contributed by atoms with Crippen LogP contribution in [-0.2, 0) is 9.53 Å². The fraction of sp³-hybridized carbons (Fsp3) is 0.190. The summed E-state index contributed by atoms with van der Waals surface area (Å²) >= 11 is 0. The number of rotatable bonds is 8. The van der Waals surface area contributed by atoms with Crippen molar-refractivity contribution >= 4 is 23.5 Å². The molecule has 1 atom stereocenters. The normalized spacial score (nSPS) is 11.6. The average molecular weight is 414 g/mol. The van der Waals surface area contributed by atoms with E-state index in [4.69, 9.17) is 14.7 Å². The van der Waals surface area contributed by atoms with Gasteiger partial charge in [-0.2, -0.15) is 0 Å². The molecule has 0 unspecified atom stereocenters. The maximum Gasteiger partial charge on any atom is 0.412 e. The number of aromatic hydroxyl groups is 1. The highest BCUT2D eigenvalue weighted by Crippen LogP contribution is 2.32. The van der Waals surface area contributed by atoms with Crippen LogP contribution in [0.2, 0.25) is 0 Å². The highest BCUT2D eigenvalue weighted by molar-refractivity contribution is 5.95. The number of anilines is 1. The maximum atomic E-state index is 12.3. The van der Waals surface area contributed by atoms with E-state index < -0.39 is 18.1 Å². The molecule has 0 saturated carbocycles. The number of phenolic OH excluding ortho intramolecular Hbond substituents is 1. The van der Waals surface area contributed by atoms with Crippen molar-refractivity contribution in [1.29, 1.82) is 0 Å². The first kappa shape index (κ1) is 22.4. The molecule has 2 amide bonds. The highest BCUT2D eigenvalue weighted by atomic mass is 16.6. The van der Waals surface area contributed by atoms with Crippen LogP contribution < -0.4 is 15.5 Å². The number of ketones is 1. The van der Waals surface area contributed by atoms with Gasteiger partial charge in [0, 0.05) is 23.7 Å². The molecule has 2 rings (SSSR count). The number of amides is 2. The van der Waals surface area contributed by atoms with E-state index >= 15 is 0 Å². The van der Waals surface area contributed by atoms with Crippen LogP contribution in [0.15, 0.2) is 54.6 Å². The monoisotopic (exact) mass is 414 g/mol. The van der Waals surface area contributed by atoms with E-state index in [2.05, 4.69) is 5.32 Å². The van der Waals surface area contributed by atoms with E-state index in [-0.39, 0.29) is 23.7 Å². The van der Waals surface area contributed by atoms with Crippen LogP contribution in [0.4, 0.5) is 10.5 Å². The van der Waals surface area contributed by atoms with Crippen LogP contribution in [0.5, 0.6) is 11.5 Å². The van der Waals surface area contributed by atoms with Gasteiger partial charge in [0.05, 0.1) is 7.11 Å². The molecular formula is C21H22N2O7. The minimum atomic E-state index is -0.846. The van der Waals surface area contributed by atoms with E-state index in [0.29, 0.717) is 16.8 Å². The van der Waals surface area contributed by atoms with Gasteiger partial charge in [0.1, 0.15) is 6.10 Å². The van der Waals surface area contributed by atoms with E-state index in [0.717, 1.165) is 6.08 Å². The standard InChI is InChI=1S/C21H22N2O7/c1-13(24)14-6-9-16(10-7-14)22-21(27)30-18(4-3-5-20(26)23-28)15-8-11-19(29-2)17(25)12-15/h3,5-12,18,25,28H,4H2,1-2H3,(H,22,27)(H,23,26)/b5-3+/t18-/m0/s1. The average Bonchev–Trinajstić information content (AvgIpc) is 2.73. The van der Waals surface area contributed by atoms with Crippen molar-refractivity contribution in [1.82, 2.24) is 5.48 Å². The van der Waals surface area contributed by atoms with Gasteiger partial charge >= 0.3 is 6.09 Å². The molecule has 30 heavy (non-hydrogen) atoms. The van der Waals surface area contributed by atoms with E-state index in [1.165, 1.54) is 37.7 Å². The van der Waals surface area contributed by atoms with Gasteiger partial charge in [0.2, 0.25) is 0 Å². The Labute approximate surface area is 172 Å². The molecule has 9 heteroatoms. The van der Waals surface area contributed by atoms with Gasteiger partial charge in [-0.15, -0.1) is 0 Å². The van der Waals surface area contributed by atoms with Crippen LogP contribution in [0.1, 0.15) is 35.4 Å². The van der Waals surface area contributed by atoms with Gasteiger partial charge in [-0.05, 0) is 48.9 Å². The van der Waals surface area contributed by atoms with E-state index in [1.807, 2.05) is 0 Å². The van der Waals surface area contributed by atoms with E-state index in [1.54, 1.807) is 30.3 Å². The predicted molar refractivity (Wildman–Crippen MR) is 108 cm³/mol. The molecule has 0 aliphatic rings. The van der Waals surface area contributed by atoms with Crippen molar-refractivity contribution in [2.45, 2.75) is 19.4 Å². The van der Waals surface area contributed by atoms with Crippen molar-refractivity contribution in [2.75, 3.05) is 12.4 Å². The molecule has 0 heterocycles. The number of ether oxygens (including phenoxy) is 2. The first-order valence-electron chi connectivity index (χ1n) is 8.90. The number of methoxy groups -OCH3 is 1. The zero-order chi connectivity index (χ0) is 22.1. The summed E-state index contributed by atoms with van der Waals surface area (Å²) in [5.74, 6) is -0.716. The van der Waals surface area contributed by atoms with Crippen LogP contribution in [0, 0.1) is 0 Å². The first-order chi connectivity index (χ1) is 14.3. The quantitative estimate of drug-likeness (QED) is 0.225.